The van der Waals surface area contributed by atoms with Crippen LogP contribution >= 0.6 is 23.2 Å². The van der Waals surface area contributed by atoms with Crippen LogP contribution in [0.2, 0.25) is 10.0 Å². The molecule has 2 fully saturated rings. The Balaban J connectivity index is 1.84. The Bertz CT molecular complexity index is 580. The fraction of sp³-hybridized carbons (Fsp3) is 0.467. The highest BCUT2D eigenvalue weighted by atomic mass is 35.5. The van der Waals surface area contributed by atoms with Crippen molar-refractivity contribution in [2.24, 2.45) is 17.8 Å². The minimum atomic E-state index is -0.826. The van der Waals surface area contributed by atoms with Crippen LogP contribution in [0.15, 0.2) is 18.2 Å². The molecule has 2 aliphatic rings. The van der Waals surface area contributed by atoms with Gasteiger partial charge in [0.15, 0.2) is 0 Å². The van der Waals surface area contributed by atoms with E-state index in [0.29, 0.717) is 22.5 Å². The van der Waals surface area contributed by atoms with Crippen molar-refractivity contribution in [3.63, 3.8) is 0 Å². The molecule has 3 rings (SSSR count). The summed E-state index contributed by atoms with van der Waals surface area (Å²) in [6.07, 6.45) is 2.12. The van der Waals surface area contributed by atoms with E-state index in [1.807, 2.05) is 0 Å². The minimum Gasteiger partial charge on any atom is -0.481 e. The quantitative estimate of drug-likeness (QED) is 0.927. The lowest BCUT2D eigenvalue weighted by molar-refractivity contribution is -0.142. The summed E-state index contributed by atoms with van der Waals surface area (Å²) in [6, 6.07) is 4.91. The molecule has 1 aromatic rings. The SMILES string of the molecule is O=C(O)[C@H]1CN(C(=O)c2c(Cl)cccc2Cl)C[C@@H]1C1CC1. The fourth-order valence-corrected chi connectivity index (χ4v) is 3.68. The van der Waals surface area contributed by atoms with Gasteiger partial charge in [0.05, 0.1) is 21.5 Å². The predicted molar refractivity (Wildman–Crippen MR) is 79.7 cm³/mol. The zero-order valence-corrected chi connectivity index (χ0v) is 12.8. The highest BCUT2D eigenvalue weighted by molar-refractivity contribution is 6.39. The Labute approximate surface area is 132 Å². The maximum Gasteiger partial charge on any atom is 0.308 e. The van der Waals surface area contributed by atoms with Crippen LogP contribution in [0.4, 0.5) is 0 Å². The van der Waals surface area contributed by atoms with Crippen LogP contribution < -0.4 is 0 Å². The van der Waals surface area contributed by atoms with Crippen molar-refractivity contribution in [2.75, 3.05) is 13.1 Å². The minimum absolute atomic E-state index is 0.0488. The number of aliphatic carboxylic acids is 1. The van der Waals surface area contributed by atoms with Crippen molar-refractivity contribution in [1.29, 1.82) is 0 Å². The summed E-state index contributed by atoms with van der Waals surface area (Å²) < 4.78 is 0. The van der Waals surface area contributed by atoms with Crippen molar-refractivity contribution in [3.8, 4) is 0 Å². The number of likely N-dealkylation sites (tertiary alicyclic amines) is 1. The molecule has 0 unspecified atom stereocenters. The van der Waals surface area contributed by atoms with Gasteiger partial charge in [0.25, 0.3) is 5.91 Å². The van der Waals surface area contributed by atoms with E-state index in [1.165, 1.54) is 0 Å². The van der Waals surface area contributed by atoms with E-state index >= 15 is 0 Å². The lowest BCUT2D eigenvalue weighted by Crippen LogP contribution is -2.30. The molecule has 2 atom stereocenters. The molecule has 1 aliphatic heterocycles. The van der Waals surface area contributed by atoms with Gasteiger partial charge < -0.3 is 10.0 Å². The number of amides is 1. The third-order valence-electron chi connectivity index (χ3n) is 4.37. The summed E-state index contributed by atoms with van der Waals surface area (Å²) in [4.78, 5) is 25.6. The topological polar surface area (TPSA) is 57.6 Å². The van der Waals surface area contributed by atoms with Crippen LogP contribution in [-0.2, 0) is 4.79 Å². The summed E-state index contributed by atoms with van der Waals surface area (Å²) >= 11 is 12.1. The number of rotatable bonds is 3. The largest absolute Gasteiger partial charge is 0.481 e. The molecule has 112 valence electrons. The molecule has 0 aromatic heterocycles. The molecule has 0 bridgehead atoms. The summed E-state index contributed by atoms with van der Waals surface area (Å²) in [5.41, 5.74) is 0.265. The van der Waals surface area contributed by atoms with Crippen LogP contribution in [0, 0.1) is 17.8 Å². The van der Waals surface area contributed by atoms with E-state index in [9.17, 15) is 14.7 Å². The highest BCUT2D eigenvalue weighted by Gasteiger charge is 2.47. The van der Waals surface area contributed by atoms with E-state index in [-0.39, 0.29) is 23.9 Å². The van der Waals surface area contributed by atoms with Gasteiger partial charge in [-0.3, -0.25) is 9.59 Å². The van der Waals surface area contributed by atoms with Crippen molar-refractivity contribution < 1.29 is 14.7 Å². The molecular weight excluding hydrogens is 313 g/mol. The number of carbonyl (C=O) groups excluding carboxylic acids is 1. The first-order chi connectivity index (χ1) is 9.99. The lowest BCUT2D eigenvalue weighted by Gasteiger charge is -2.18. The zero-order valence-electron chi connectivity index (χ0n) is 11.3. The maximum atomic E-state index is 12.6. The Morgan fingerprint density at radius 2 is 1.76 bits per heavy atom. The molecule has 1 saturated carbocycles. The summed E-state index contributed by atoms with van der Waals surface area (Å²) in [5.74, 6) is -1.10. The molecule has 1 aromatic carbocycles. The molecule has 0 spiro atoms. The number of hydrogen-bond acceptors (Lipinski definition) is 2. The van der Waals surface area contributed by atoms with E-state index < -0.39 is 11.9 Å². The van der Waals surface area contributed by atoms with Crippen molar-refractivity contribution in [3.05, 3.63) is 33.8 Å². The van der Waals surface area contributed by atoms with Gasteiger partial charge in [-0.25, -0.2) is 0 Å². The summed E-state index contributed by atoms with van der Waals surface area (Å²) in [5, 5.41) is 9.95. The second-order valence-electron chi connectivity index (χ2n) is 5.75. The van der Waals surface area contributed by atoms with Gasteiger partial charge in [-0.1, -0.05) is 29.3 Å². The molecule has 1 aliphatic carbocycles. The Morgan fingerprint density at radius 1 is 1.14 bits per heavy atom. The van der Waals surface area contributed by atoms with Gasteiger partial charge >= 0.3 is 5.97 Å². The number of carboxylic acid groups (broad SMARTS) is 1. The second-order valence-corrected chi connectivity index (χ2v) is 6.57. The molecule has 1 heterocycles. The van der Waals surface area contributed by atoms with Gasteiger partial charge in [-0.15, -0.1) is 0 Å². The molecular formula is C15H15Cl2NO3. The molecule has 6 heteroatoms. The number of benzene rings is 1. The molecule has 1 saturated heterocycles. The summed E-state index contributed by atoms with van der Waals surface area (Å²) in [6.45, 7) is 0.707. The normalized spacial score (nSPS) is 25.1. The van der Waals surface area contributed by atoms with Crippen LogP contribution in [-0.4, -0.2) is 35.0 Å². The summed E-state index contributed by atoms with van der Waals surface area (Å²) in [7, 11) is 0. The van der Waals surface area contributed by atoms with E-state index in [4.69, 9.17) is 23.2 Å². The van der Waals surface area contributed by atoms with Crippen molar-refractivity contribution in [2.45, 2.75) is 12.8 Å². The van der Waals surface area contributed by atoms with Crippen LogP contribution in [0.1, 0.15) is 23.2 Å². The average molecular weight is 328 g/mol. The molecule has 0 radical (unpaired) electrons. The van der Waals surface area contributed by atoms with Gasteiger partial charge in [-0.2, -0.15) is 0 Å². The van der Waals surface area contributed by atoms with Gasteiger partial charge in [-0.05, 0) is 36.8 Å². The Morgan fingerprint density at radius 3 is 2.29 bits per heavy atom. The van der Waals surface area contributed by atoms with E-state index in [1.54, 1.807) is 23.1 Å². The standard InChI is InChI=1S/C15H15Cl2NO3/c16-11-2-1-3-12(17)13(11)14(19)18-6-9(8-4-5-8)10(7-18)15(20)21/h1-3,8-10H,4-7H2,(H,20,21)/t9-,10+/m1/s1. The third kappa shape index (κ3) is 2.74. The van der Waals surface area contributed by atoms with E-state index in [0.717, 1.165) is 12.8 Å². The second kappa shape index (κ2) is 5.50. The number of hydrogen-bond donors (Lipinski definition) is 1. The van der Waals surface area contributed by atoms with E-state index in [2.05, 4.69) is 0 Å². The van der Waals surface area contributed by atoms with Crippen LogP contribution in [0.25, 0.3) is 0 Å². The number of nitrogens with zero attached hydrogens (tertiary/aromatic N) is 1. The smallest absolute Gasteiger partial charge is 0.308 e. The molecule has 1 N–H and O–H groups in total. The number of halogens is 2. The average Bonchev–Trinajstić information content (AvgIpc) is 3.16. The Hall–Kier alpha value is -1.26. The number of carbonyl (C=O) groups is 2. The van der Waals surface area contributed by atoms with Gasteiger partial charge in [0, 0.05) is 13.1 Å². The van der Waals surface area contributed by atoms with Crippen molar-refractivity contribution >= 4 is 35.1 Å². The predicted octanol–water partition coefficient (Wildman–Crippen LogP) is 3.18. The lowest BCUT2D eigenvalue weighted by atomic mass is 9.92. The van der Waals surface area contributed by atoms with Crippen molar-refractivity contribution in [1.82, 2.24) is 4.90 Å². The monoisotopic (exact) mass is 327 g/mol. The molecule has 4 nitrogen and oxygen atoms in total. The van der Waals surface area contributed by atoms with Gasteiger partial charge in [0.2, 0.25) is 0 Å². The van der Waals surface area contributed by atoms with Gasteiger partial charge in [0.1, 0.15) is 0 Å². The fourth-order valence-electron chi connectivity index (χ4n) is 3.12. The maximum absolute atomic E-state index is 12.6. The molecule has 1 amide bonds. The highest BCUT2D eigenvalue weighted by Crippen LogP contribution is 2.44. The third-order valence-corrected chi connectivity index (χ3v) is 5.00. The first-order valence-electron chi connectivity index (χ1n) is 6.95. The van der Waals surface area contributed by atoms with Crippen LogP contribution in [0.5, 0.6) is 0 Å². The first-order valence-corrected chi connectivity index (χ1v) is 7.70. The first kappa shape index (κ1) is 14.7. The Kier molecular flexibility index (Phi) is 3.84. The zero-order chi connectivity index (χ0) is 15.1. The number of carboxylic acids is 1. The molecule has 21 heavy (non-hydrogen) atoms. The van der Waals surface area contributed by atoms with Crippen LogP contribution in [0.3, 0.4) is 0 Å².